The average Bonchev–Trinajstić information content (AvgIpc) is 2.77. The fourth-order valence-electron chi connectivity index (χ4n) is 3.61. The van der Waals surface area contributed by atoms with Gasteiger partial charge in [-0.2, -0.15) is 12.1 Å². The first-order valence-electron chi connectivity index (χ1n) is 10.1. The summed E-state index contributed by atoms with van der Waals surface area (Å²) >= 11 is 0. The summed E-state index contributed by atoms with van der Waals surface area (Å²) in [7, 11) is 1.86. The van der Waals surface area contributed by atoms with Crippen molar-refractivity contribution in [1.29, 1.82) is 0 Å². The molecule has 3 rings (SSSR count). The molecular weight excluding hydrogens is 421 g/mol. The number of amides is 2. The number of carbonyl (C=O) groups excluding carboxylic acids is 4. The molecule has 1 aromatic carbocycles. The predicted molar refractivity (Wildman–Crippen MR) is 120 cm³/mol. The van der Waals surface area contributed by atoms with Gasteiger partial charge in [-0.1, -0.05) is 25.2 Å². The van der Waals surface area contributed by atoms with Gasteiger partial charge >= 0.3 is 51.4 Å². The van der Waals surface area contributed by atoms with E-state index in [-0.39, 0.29) is 76.7 Å². The van der Waals surface area contributed by atoms with E-state index in [1.165, 1.54) is 0 Å². The Morgan fingerprint density at radius 1 is 1.19 bits per heavy atom. The Kier molecular flexibility index (Phi) is 18.1. The number of rotatable bonds is 5. The third-order valence-corrected chi connectivity index (χ3v) is 5.25. The molecule has 8 heteroatoms. The van der Waals surface area contributed by atoms with Gasteiger partial charge in [0.05, 0.1) is 0 Å². The van der Waals surface area contributed by atoms with Crippen molar-refractivity contribution >= 4 is 36.3 Å². The van der Waals surface area contributed by atoms with Gasteiger partial charge < -0.3 is 26.8 Å². The summed E-state index contributed by atoms with van der Waals surface area (Å²) in [6, 6.07) is 8.90. The zero-order valence-corrected chi connectivity index (χ0v) is 22.8. The zero-order chi connectivity index (χ0) is 21.8. The number of likely N-dealkylation sites (N-methyl/N-ethyl adjacent to an activating group) is 1. The van der Waals surface area contributed by atoms with Crippen LogP contribution in [0.5, 0.6) is 0 Å². The van der Waals surface area contributed by atoms with Crippen LogP contribution in [0.15, 0.2) is 18.2 Å². The van der Waals surface area contributed by atoms with Gasteiger partial charge in [0.15, 0.2) is 0 Å². The zero-order valence-electron chi connectivity index (χ0n) is 19.6. The van der Waals surface area contributed by atoms with Crippen LogP contribution in [0, 0.1) is 19.4 Å². The van der Waals surface area contributed by atoms with Crippen molar-refractivity contribution in [2.75, 3.05) is 29.9 Å². The SMILES string of the molecule is C=O.CC.CN(c1[c-]cc(N2CCC(CC=O)CC2)cc1)C1CCC(=O)NC1=O.[CH3-].[K+]. The molecule has 1 aromatic rings. The molecule has 0 bridgehead atoms. The van der Waals surface area contributed by atoms with Crippen molar-refractivity contribution in [3.05, 3.63) is 31.7 Å². The minimum absolute atomic E-state index is 0. The third-order valence-electron chi connectivity index (χ3n) is 5.25. The van der Waals surface area contributed by atoms with Gasteiger partial charge in [0.25, 0.3) is 0 Å². The summed E-state index contributed by atoms with van der Waals surface area (Å²) in [5, 5.41) is 2.39. The van der Waals surface area contributed by atoms with Crippen LogP contribution >= 0.6 is 0 Å². The molecule has 0 radical (unpaired) electrons. The fraction of sp³-hybridized carbons (Fsp3) is 0.522. The molecule has 168 valence electrons. The maximum Gasteiger partial charge on any atom is 1.00 e. The second kappa shape index (κ2) is 17.5. The Labute approximate surface area is 229 Å². The maximum absolute atomic E-state index is 12.0. The van der Waals surface area contributed by atoms with E-state index < -0.39 is 0 Å². The van der Waals surface area contributed by atoms with Crippen LogP contribution in [0.1, 0.15) is 46.0 Å². The molecule has 2 amide bonds. The second-order valence-electron chi connectivity index (χ2n) is 6.84. The number of hydrogen-bond donors (Lipinski definition) is 1. The molecule has 0 saturated carbocycles. The van der Waals surface area contributed by atoms with E-state index in [4.69, 9.17) is 4.79 Å². The van der Waals surface area contributed by atoms with Gasteiger partial charge in [-0.05, 0) is 25.2 Å². The van der Waals surface area contributed by atoms with Gasteiger partial charge in [-0.3, -0.25) is 14.9 Å². The molecule has 0 aliphatic carbocycles. The number of nitrogens with one attached hydrogen (secondary N) is 1. The Morgan fingerprint density at radius 2 is 1.81 bits per heavy atom. The summed E-state index contributed by atoms with van der Waals surface area (Å²) < 4.78 is 0. The Balaban J connectivity index is 0. The summed E-state index contributed by atoms with van der Waals surface area (Å²) in [5.41, 5.74) is 1.96. The quantitative estimate of drug-likeness (QED) is 0.287. The average molecular weight is 457 g/mol. The number of imide groups is 1. The molecule has 2 aliphatic rings. The van der Waals surface area contributed by atoms with E-state index >= 15 is 0 Å². The Bertz CT molecular complexity index is 661. The number of benzene rings is 1. The third kappa shape index (κ3) is 9.53. The molecular formula is C23H35KN3O4-. The minimum Gasteiger partial charge on any atom is -0.424 e. The maximum atomic E-state index is 12.0. The van der Waals surface area contributed by atoms with Crippen LogP contribution in [-0.4, -0.2) is 51.1 Å². The van der Waals surface area contributed by atoms with Crippen molar-refractivity contribution in [3.8, 4) is 0 Å². The normalized spacial score (nSPS) is 17.9. The van der Waals surface area contributed by atoms with Crippen molar-refractivity contribution in [2.24, 2.45) is 5.92 Å². The summed E-state index contributed by atoms with van der Waals surface area (Å²) in [5.74, 6) is 0.0658. The first kappa shape index (κ1) is 32.1. The first-order chi connectivity index (χ1) is 14.1. The van der Waals surface area contributed by atoms with Crippen molar-refractivity contribution < 1.29 is 70.6 Å². The summed E-state index contributed by atoms with van der Waals surface area (Å²) in [6.45, 7) is 7.91. The number of nitrogens with zero attached hydrogens (tertiary/aromatic N) is 2. The number of hydrogen-bond acceptors (Lipinski definition) is 6. The van der Waals surface area contributed by atoms with Crippen molar-refractivity contribution in [3.63, 3.8) is 0 Å². The van der Waals surface area contributed by atoms with E-state index in [0.717, 1.165) is 43.6 Å². The largest absolute Gasteiger partial charge is 1.00 e. The molecule has 2 heterocycles. The molecule has 1 N–H and O–H groups in total. The van der Waals surface area contributed by atoms with Gasteiger partial charge in [0.1, 0.15) is 19.1 Å². The van der Waals surface area contributed by atoms with Gasteiger partial charge in [0, 0.05) is 33.0 Å². The molecule has 0 spiro atoms. The van der Waals surface area contributed by atoms with Crippen LogP contribution in [0.3, 0.4) is 0 Å². The molecule has 2 saturated heterocycles. The first-order valence-corrected chi connectivity index (χ1v) is 10.1. The van der Waals surface area contributed by atoms with Crippen LogP contribution in [0.2, 0.25) is 0 Å². The number of piperidine rings is 2. The van der Waals surface area contributed by atoms with Crippen LogP contribution in [0.25, 0.3) is 0 Å². The molecule has 2 aliphatic heterocycles. The summed E-state index contributed by atoms with van der Waals surface area (Å²) in [6.07, 6.45) is 4.66. The molecule has 2 fully saturated rings. The standard InChI is InChI=1S/C19H24N3O3.C2H6.CH2O.CH3.K/c1-21(17-6-7-18(24)20-19(17)25)15-2-4-16(5-3-15)22-11-8-14(9-12-22)10-13-23;2*1-2;;/h2,4-5,13-14,17H,6-12H2,1H3,(H,20,24,25);1-2H3;1H2;1H3;/q-1;;;-1;+1. The fourth-order valence-corrected chi connectivity index (χ4v) is 3.61. The van der Waals surface area contributed by atoms with Crippen LogP contribution < -0.4 is 66.5 Å². The number of anilines is 2. The van der Waals surface area contributed by atoms with Crippen LogP contribution in [0.4, 0.5) is 11.4 Å². The molecule has 7 nitrogen and oxygen atoms in total. The molecule has 1 unspecified atom stereocenters. The number of aldehydes is 1. The Morgan fingerprint density at radius 3 is 2.29 bits per heavy atom. The van der Waals surface area contributed by atoms with E-state index in [2.05, 4.69) is 16.3 Å². The van der Waals surface area contributed by atoms with Gasteiger partial charge in [-0.15, -0.1) is 12.1 Å². The van der Waals surface area contributed by atoms with Crippen LogP contribution in [-0.2, 0) is 19.2 Å². The van der Waals surface area contributed by atoms with E-state index in [1.807, 2.05) is 50.8 Å². The number of carbonyl (C=O) groups is 4. The topological polar surface area (TPSA) is 86.8 Å². The van der Waals surface area contributed by atoms with Crippen molar-refractivity contribution in [1.82, 2.24) is 5.32 Å². The minimum atomic E-state index is -0.334. The van der Waals surface area contributed by atoms with E-state index in [1.54, 1.807) is 0 Å². The predicted octanol–water partition coefficient (Wildman–Crippen LogP) is -0.171. The van der Waals surface area contributed by atoms with E-state index in [0.29, 0.717) is 25.2 Å². The summed E-state index contributed by atoms with van der Waals surface area (Å²) in [4.78, 5) is 46.1. The second-order valence-corrected chi connectivity index (χ2v) is 6.84. The van der Waals surface area contributed by atoms with Gasteiger partial charge in [-0.25, -0.2) is 0 Å². The molecule has 1 atom stereocenters. The van der Waals surface area contributed by atoms with E-state index in [9.17, 15) is 14.4 Å². The Hall–Kier alpha value is -1.06. The van der Waals surface area contributed by atoms with Gasteiger partial charge in [0.2, 0.25) is 11.8 Å². The molecule has 0 aromatic heterocycles. The molecule has 31 heavy (non-hydrogen) atoms. The van der Waals surface area contributed by atoms with Crippen molar-refractivity contribution in [2.45, 2.75) is 52.0 Å². The smallest absolute Gasteiger partial charge is 0.424 e. The monoisotopic (exact) mass is 456 g/mol.